The van der Waals surface area contributed by atoms with Crippen LogP contribution in [-0.4, -0.2) is 45.7 Å². The molecule has 260 valence electrons. The Balaban J connectivity index is 1.36. The average Bonchev–Trinajstić information content (AvgIpc) is 3.04. The number of hydrogen-bond acceptors (Lipinski definition) is 6. The summed E-state index contributed by atoms with van der Waals surface area (Å²) >= 11 is 0. The topological polar surface area (TPSA) is 71.4 Å². The van der Waals surface area contributed by atoms with Gasteiger partial charge in [0.15, 0.2) is 11.9 Å². The monoisotopic (exact) mass is 664 g/mol. The van der Waals surface area contributed by atoms with Crippen LogP contribution in [0.3, 0.4) is 0 Å². The van der Waals surface area contributed by atoms with Crippen molar-refractivity contribution in [1.29, 1.82) is 0 Å². The maximum Gasteiger partial charge on any atom is 0.248 e. The van der Waals surface area contributed by atoms with Gasteiger partial charge < -0.3 is 14.7 Å². The number of aryl methyl sites for hydroxylation is 1. The molecule has 1 saturated heterocycles. The number of aromatic nitrogens is 3. The number of benzene rings is 1. The van der Waals surface area contributed by atoms with E-state index in [1.807, 2.05) is 31.2 Å². The zero-order valence-corrected chi connectivity index (χ0v) is 29.1. The zero-order valence-electron chi connectivity index (χ0n) is 29.1. The molecule has 2 unspecified atom stereocenters. The lowest BCUT2D eigenvalue weighted by Gasteiger charge is -2.41. The van der Waals surface area contributed by atoms with Crippen LogP contribution in [0.25, 0.3) is 0 Å². The molecule has 0 radical (unpaired) electrons. The van der Waals surface area contributed by atoms with Crippen molar-refractivity contribution in [2.24, 2.45) is 11.3 Å². The molecule has 1 aliphatic heterocycles. The van der Waals surface area contributed by atoms with E-state index >= 15 is 4.39 Å². The number of rotatable bonds is 9. The van der Waals surface area contributed by atoms with E-state index in [0.717, 1.165) is 41.8 Å². The molecule has 0 spiro atoms. The standard InChI is InChI=1S/C39H51F3N4O2/c1-24(2)14-19-48-29-22-43-37(44-23-29)46-17-12-28(13-18-46)36-34(35(40)27-8-6-25(3)7-9-27)32(26-10-15-39(41,42)16-11-26)33-30(45-36)20-38(4,5)21-31(33)47/h6-9,22-24,26,28,31,35,47H,10-21H2,1-5H3. The van der Waals surface area contributed by atoms with E-state index in [4.69, 9.17) is 9.72 Å². The average molecular weight is 665 g/mol. The number of piperidine rings is 1. The highest BCUT2D eigenvalue weighted by atomic mass is 19.3. The van der Waals surface area contributed by atoms with E-state index < -0.39 is 18.2 Å². The first kappa shape index (κ1) is 34.7. The van der Waals surface area contributed by atoms with Crippen molar-refractivity contribution >= 4 is 5.95 Å². The fourth-order valence-electron chi connectivity index (χ4n) is 7.92. The van der Waals surface area contributed by atoms with Crippen LogP contribution in [0.1, 0.15) is 142 Å². The summed E-state index contributed by atoms with van der Waals surface area (Å²) in [5, 5.41) is 11.6. The lowest BCUT2D eigenvalue weighted by molar-refractivity contribution is -0.0385. The largest absolute Gasteiger partial charge is 0.490 e. The molecule has 3 aromatic rings. The summed E-state index contributed by atoms with van der Waals surface area (Å²) in [4.78, 5) is 16.6. The van der Waals surface area contributed by atoms with Crippen molar-refractivity contribution < 1.29 is 23.0 Å². The first-order chi connectivity index (χ1) is 22.8. The number of aliphatic hydroxyl groups excluding tert-OH is 1. The molecule has 6 rings (SSSR count). The molecule has 0 amide bonds. The third-order valence-electron chi connectivity index (χ3n) is 10.6. The number of ether oxygens (including phenoxy) is 1. The van der Waals surface area contributed by atoms with Gasteiger partial charge >= 0.3 is 0 Å². The molecular formula is C39H51F3N4O2. The van der Waals surface area contributed by atoms with Gasteiger partial charge in [-0.3, -0.25) is 4.98 Å². The molecule has 1 aromatic carbocycles. The second-order valence-electron chi connectivity index (χ2n) is 15.7. The van der Waals surface area contributed by atoms with Crippen molar-refractivity contribution in [3.05, 3.63) is 75.9 Å². The number of anilines is 1. The number of aliphatic hydroxyl groups is 1. The second-order valence-corrected chi connectivity index (χ2v) is 15.7. The van der Waals surface area contributed by atoms with Crippen molar-refractivity contribution in [2.75, 3.05) is 24.6 Å². The van der Waals surface area contributed by atoms with Gasteiger partial charge in [0.05, 0.1) is 30.8 Å². The van der Waals surface area contributed by atoms with E-state index in [1.54, 1.807) is 12.4 Å². The van der Waals surface area contributed by atoms with E-state index in [0.29, 0.717) is 66.8 Å². The first-order valence-electron chi connectivity index (χ1n) is 17.8. The minimum atomic E-state index is -2.72. The van der Waals surface area contributed by atoms with Crippen molar-refractivity contribution in [3.8, 4) is 5.75 Å². The van der Waals surface area contributed by atoms with Gasteiger partial charge in [-0.25, -0.2) is 23.1 Å². The van der Waals surface area contributed by atoms with Crippen LogP contribution in [0.15, 0.2) is 36.7 Å². The number of hydrogen-bond donors (Lipinski definition) is 1. The summed E-state index contributed by atoms with van der Waals surface area (Å²) in [6.45, 7) is 12.5. The number of pyridine rings is 1. The van der Waals surface area contributed by atoms with E-state index in [2.05, 4.69) is 42.6 Å². The number of nitrogens with zero attached hydrogens (tertiary/aromatic N) is 4. The minimum Gasteiger partial charge on any atom is -0.490 e. The van der Waals surface area contributed by atoms with Gasteiger partial charge in [0, 0.05) is 48.7 Å². The fourth-order valence-corrected chi connectivity index (χ4v) is 7.92. The first-order valence-corrected chi connectivity index (χ1v) is 17.8. The molecule has 1 saturated carbocycles. The Kier molecular flexibility index (Phi) is 10.1. The summed E-state index contributed by atoms with van der Waals surface area (Å²) in [6.07, 6.45) is 4.81. The zero-order chi connectivity index (χ0) is 34.2. The maximum atomic E-state index is 17.2. The highest BCUT2D eigenvalue weighted by Gasteiger charge is 2.43. The molecule has 1 N–H and O–H groups in total. The molecule has 6 nitrogen and oxygen atoms in total. The quantitative estimate of drug-likeness (QED) is 0.246. The Labute approximate surface area is 283 Å². The van der Waals surface area contributed by atoms with Crippen molar-refractivity contribution in [3.63, 3.8) is 0 Å². The molecule has 48 heavy (non-hydrogen) atoms. The highest BCUT2D eigenvalue weighted by molar-refractivity contribution is 5.51. The van der Waals surface area contributed by atoms with Gasteiger partial charge in [0.1, 0.15) is 0 Å². The van der Waals surface area contributed by atoms with Crippen LogP contribution in [0.5, 0.6) is 5.75 Å². The Morgan fingerprint density at radius 2 is 1.60 bits per heavy atom. The maximum absolute atomic E-state index is 17.2. The Morgan fingerprint density at radius 1 is 0.958 bits per heavy atom. The lowest BCUT2D eigenvalue weighted by Crippen LogP contribution is -2.36. The molecule has 3 heterocycles. The van der Waals surface area contributed by atoms with Crippen LogP contribution in [0, 0.1) is 18.3 Å². The van der Waals surface area contributed by atoms with Gasteiger partial charge in [0.25, 0.3) is 0 Å². The van der Waals surface area contributed by atoms with Gasteiger partial charge in [-0.1, -0.05) is 57.5 Å². The highest BCUT2D eigenvalue weighted by Crippen LogP contribution is 2.52. The molecule has 9 heteroatoms. The van der Waals surface area contributed by atoms with Crippen LogP contribution in [0.2, 0.25) is 0 Å². The predicted octanol–water partition coefficient (Wildman–Crippen LogP) is 9.35. The third kappa shape index (κ3) is 7.66. The third-order valence-corrected chi connectivity index (χ3v) is 10.6. The van der Waals surface area contributed by atoms with Crippen LogP contribution < -0.4 is 9.64 Å². The second kappa shape index (κ2) is 14.0. The summed E-state index contributed by atoms with van der Waals surface area (Å²) in [7, 11) is 0. The number of alkyl halides is 3. The fraction of sp³-hybridized carbons (Fsp3) is 0.615. The van der Waals surface area contributed by atoms with E-state index in [-0.39, 0.29) is 42.9 Å². The summed E-state index contributed by atoms with van der Waals surface area (Å²) in [5.41, 5.74) is 4.86. The number of halogens is 3. The lowest BCUT2D eigenvalue weighted by atomic mass is 9.68. The molecular weight excluding hydrogens is 613 g/mol. The molecule has 0 bridgehead atoms. The van der Waals surface area contributed by atoms with Gasteiger partial charge in [-0.05, 0) is 80.2 Å². The van der Waals surface area contributed by atoms with Gasteiger partial charge in [-0.2, -0.15) is 0 Å². The van der Waals surface area contributed by atoms with Crippen molar-refractivity contribution in [1.82, 2.24) is 15.0 Å². The molecule has 2 aromatic heterocycles. The van der Waals surface area contributed by atoms with Crippen molar-refractivity contribution in [2.45, 2.75) is 122 Å². The number of fused-ring (bicyclic) bond motifs is 1. The molecule has 2 fully saturated rings. The van der Waals surface area contributed by atoms with Crippen LogP contribution >= 0.6 is 0 Å². The SMILES string of the molecule is Cc1ccc(C(F)c2c(C3CCN(c4ncc(OCCC(C)C)cn4)CC3)nc3c(c2C2CCC(F)(F)CC2)C(O)CC(C)(C)C3)cc1. The Morgan fingerprint density at radius 3 is 2.23 bits per heavy atom. The van der Waals surface area contributed by atoms with Crippen LogP contribution in [-0.2, 0) is 6.42 Å². The van der Waals surface area contributed by atoms with E-state index in [9.17, 15) is 13.9 Å². The van der Waals surface area contributed by atoms with Crippen LogP contribution in [0.4, 0.5) is 19.1 Å². The smallest absolute Gasteiger partial charge is 0.248 e. The predicted molar refractivity (Wildman–Crippen MR) is 183 cm³/mol. The summed E-state index contributed by atoms with van der Waals surface area (Å²) in [5.74, 6) is -1.16. The molecule has 3 aliphatic rings. The van der Waals surface area contributed by atoms with E-state index in [1.165, 1.54) is 0 Å². The minimum absolute atomic E-state index is 0.0325. The Bertz CT molecular complexity index is 1540. The summed E-state index contributed by atoms with van der Waals surface area (Å²) < 4.78 is 52.0. The summed E-state index contributed by atoms with van der Waals surface area (Å²) in [6, 6.07) is 7.45. The Hall–Kier alpha value is -3.20. The van der Waals surface area contributed by atoms with Gasteiger partial charge in [-0.15, -0.1) is 0 Å². The normalized spacial score (nSPS) is 22.0. The molecule has 2 atom stereocenters. The molecule has 2 aliphatic carbocycles. The van der Waals surface area contributed by atoms with Gasteiger partial charge in [0.2, 0.25) is 11.9 Å².